The lowest BCUT2D eigenvalue weighted by Gasteiger charge is -2.09. The highest BCUT2D eigenvalue weighted by atomic mass is 79.9. The van der Waals surface area contributed by atoms with Crippen LogP contribution in [0.25, 0.3) is 0 Å². The van der Waals surface area contributed by atoms with E-state index in [2.05, 4.69) is 36.8 Å². The summed E-state index contributed by atoms with van der Waals surface area (Å²) in [7, 11) is -3.72. The number of aromatic nitrogens is 1. The zero-order valence-corrected chi connectivity index (χ0v) is 14.1. The van der Waals surface area contributed by atoms with Crippen LogP contribution in [0.4, 0.5) is 0 Å². The Bertz CT molecular complexity index is 718. The number of nitrogens with zero attached hydrogens (tertiary/aromatic N) is 1. The first-order valence-electron chi connectivity index (χ1n) is 5.42. The minimum absolute atomic E-state index is 0.0264. The molecule has 0 aliphatic rings. The van der Waals surface area contributed by atoms with Crippen LogP contribution >= 0.6 is 31.9 Å². The lowest BCUT2D eigenvalue weighted by atomic mass is 10.3. The van der Waals surface area contributed by atoms with Crippen molar-refractivity contribution in [3.05, 3.63) is 51.2 Å². The van der Waals surface area contributed by atoms with Gasteiger partial charge >= 0.3 is 0 Å². The third kappa shape index (κ3) is 4.02. The van der Waals surface area contributed by atoms with Crippen LogP contribution in [-0.4, -0.2) is 13.4 Å². The van der Waals surface area contributed by atoms with Crippen molar-refractivity contribution < 1.29 is 13.2 Å². The summed E-state index contributed by atoms with van der Waals surface area (Å²) in [4.78, 5) is 4.20. The maximum atomic E-state index is 11.2. The number of sulfonamides is 1. The second-order valence-corrected chi connectivity index (χ2v) is 7.23. The van der Waals surface area contributed by atoms with E-state index < -0.39 is 10.0 Å². The number of halogens is 2. The summed E-state index contributed by atoms with van der Waals surface area (Å²) < 4.78 is 29.4. The second-order valence-electron chi connectivity index (χ2n) is 3.89. The Labute approximate surface area is 133 Å². The molecule has 0 amide bonds. The number of primary sulfonamides is 1. The number of hydrogen-bond acceptors (Lipinski definition) is 4. The zero-order valence-electron chi connectivity index (χ0n) is 10.1. The fourth-order valence-electron chi connectivity index (χ4n) is 1.42. The monoisotopic (exact) mass is 420 g/mol. The third-order valence-corrected chi connectivity index (χ3v) is 4.40. The Kier molecular flexibility index (Phi) is 4.79. The van der Waals surface area contributed by atoms with Gasteiger partial charge in [0.25, 0.3) is 0 Å². The van der Waals surface area contributed by atoms with Crippen molar-refractivity contribution in [1.82, 2.24) is 4.98 Å². The average molecular weight is 422 g/mol. The molecule has 0 radical (unpaired) electrons. The van der Waals surface area contributed by atoms with Crippen LogP contribution in [0, 0.1) is 0 Å². The van der Waals surface area contributed by atoms with E-state index in [1.807, 2.05) is 12.1 Å². The van der Waals surface area contributed by atoms with Crippen LogP contribution < -0.4 is 9.88 Å². The lowest BCUT2D eigenvalue weighted by Crippen LogP contribution is -2.12. The molecule has 0 fully saturated rings. The summed E-state index contributed by atoms with van der Waals surface area (Å²) in [6, 6.07) is 8.04. The molecule has 2 rings (SSSR count). The Morgan fingerprint density at radius 2 is 1.95 bits per heavy atom. The van der Waals surface area contributed by atoms with Gasteiger partial charge in [-0.3, -0.25) is 4.98 Å². The van der Waals surface area contributed by atoms with E-state index in [-0.39, 0.29) is 11.5 Å². The molecule has 2 N–H and O–H groups in total. The fraction of sp³-hybridized carbons (Fsp3) is 0.0833. The summed E-state index contributed by atoms with van der Waals surface area (Å²) in [6.07, 6.45) is 1.68. The molecule has 0 saturated carbocycles. The van der Waals surface area contributed by atoms with E-state index in [9.17, 15) is 8.42 Å². The van der Waals surface area contributed by atoms with Crippen LogP contribution in [0.1, 0.15) is 5.69 Å². The van der Waals surface area contributed by atoms with E-state index >= 15 is 0 Å². The van der Waals surface area contributed by atoms with Crippen molar-refractivity contribution in [2.24, 2.45) is 5.14 Å². The molecule has 106 valence electrons. The van der Waals surface area contributed by atoms with Gasteiger partial charge in [-0.25, -0.2) is 13.6 Å². The van der Waals surface area contributed by atoms with Crippen LogP contribution in [0.15, 0.2) is 50.4 Å². The largest absolute Gasteiger partial charge is 0.486 e. The summed E-state index contributed by atoms with van der Waals surface area (Å²) in [5.74, 6) is 0.516. The molecule has 20 heavy (non-hydrogen) atoms. The predicted octanol–water partition coefficient (Wildman–Crippen LogP) is 2.83. The first-order valence-corrected chi connectivity index (χ1v) is 8.55. The number of hydrogen-bond donors (Lipinski definition) is 1. The Balaban J connectivity index is 2.12. The van der Waals surface area contributed by atoms with Crippen molar-refractivity contribution in [2.45, 2.75) is 11.5 Å². The molecular weight excluding hydrogens is 412 g/mol. The van der Waals surface area contributed by atoms with Gasteiger partial charge in [-0.2, -0.15) is 0 Å². The molecule has 0 bridgehead atoms. The molecular formula is C12H10Br2N2O3S. The van der Waals surface area contributed by atoms with Crippen LogP contribution in [0.3, 0.4) is 0 Å². The SMILES string of the molecule is NS(=O)(=O)c1ccc(OCc2ccc(Br)cn2)c(Br)c1. The Morgan fingerprint density at radius 1 is 1.20 bits per heavy atom. The summed E-state index contributed by atoms with van der Waals surface area (Å²) in [6.45, 7) is 0.278. The quantitative estimate of drug-likeness (QED) is 0.822. The highest BCUT2D eigenvalue weighted by Crippen LogP contribution is 2.28. The number of pyridine rings is 1. The van der Waals surface area contributed by atoms with Crippen LogP contribution in [0.5, 0.6) is 5.75 Å². The maximum Gasteiger partial charge on any atom is 0.238 e. The normalized spacial score (nSPS) is 11.3. The van der Waals surface area contributed by atoms with Gasteiger partial charge < -0.3 is 4.74 Å². The number of rotatable bonds is 4. The van der Waals surface area contributed by atoms with Gasteiger partial charge in [-0.1, -0.05) is 0 Å². The molecule has 0 atom stereocenters. The van der Waals surface area contributed by atoms with E-state index in [0.29, 0.717) is 10.2 Å². The van der Waals surface area contributed by atoms with Gasteiger partial charge in [-0.15, -0.1) is 0 Å². The van der Waals surface area contributed by atoms with Gasteiger partial charge in [0.05, 0.1) is 15.1 Å². The van der Waals surface area contributed by atoms with Gasteiger partial charge in [0, 0.05) is 10.7 Å². The van der Waals surface area contributed by atoms with E-state index in [4.69, 9.17) is 9.88 Å². The maximum absolute atomic E-state index is 11.2. The minimum atomic E-state index is -3.72. The van der Waals surface area contributed by atoms with Crippen LogP contribution in [-0.2, 0) is 16.6 Å². The minimum Gasteiger partial charge on any atom is -0.486 e. The first-order chi connectivity index (χ1) is 9.36. The third-order valence-electron chi connectivity index (χ3n) is 2.40. The number of nitrogens with two attached hydrogens (primary N) is 1. The molecule has 0 spiro atoms. The molecule has 2 aromatic rings. The van der Waals surface area contributed by atoms with E-state index in [1.165, 1.54) is 12.1 Å². The highest BCUT2D eigenvalue weighted by Gasteiger charge is 2.11. The van der Waals surface area contributed by atoms with Crippen molar-refractivity contribution in [2.75, 3.05) is 0 Å². The standard InChI is InChI=1S/C12H10Br2N2O3S/c13-8-1-2-9(16-6-8)7-19-12-4-3-10(5-11(12)14)20(15,17)18/h1-6H,7H2,(H2,15,17,18). The van der Waals surface area contributed by atoms with E-state index in [1.54, 1.807) is 12.3 Å². The Morgan fingerprint density at radius 3 is 2.50 bits per heavy atom. The summed E-state index contributed by atoms with van der Waals surface area (Å²) in [5.41, 5.74) is 0.760. The topological polar surface area (TPSA) is 82.3 Å². The highest BCUT2D eigenvalue weighted by molar-refractivity contribution is 9.10. The number of benzene rings is 1. The van der Waals surface area contributed by atoms with Gasteiger partial charge in [0.1, 0.15) is 12.4 Å². The summed E-state index contributed by atoms with van der Waals surface area (Å²) in [5, 5.41) is 5.05. The molecule has 1 aromatic heterocycles. The summed E-state index contributed by atoms with van der Waals surface area (Å²) >= 11 is 6.55. The molecule has 0 saturated heterocycles. The van der Waals surface area contributed by atoms with E-state index in [0.717, 1.165) is 10.2 Å². The predicted molar refractivity (Wildman–Crippen MR) is 81.8 cm³/mol. The fourth-order valence-corrected chi connectivity index (χ4v) is 2.84. The van der Waals surface area contributed by atoms with Gasteiger partial charge in [0.15, 0.2) is 0 Å². The van der Waals surface area contributed by atoms with Crippen molar-refractivity contribution in [1.29, 1.82) is 0 Å². The molecule has 0 unspecified atom stereocenters. The average Bonchev–Trinajstić information content (AvgIpc) is 2.38. The molecule has 5 nitrogen and oxygen atoms in total. The molecule has 8 heteroatoms. The number of ether oxygens (including phenoxy) is 1. The van der Waals surface area contributed by atoms with Crippen molar-refractivity contribution in [3.63, 3.8) is 0 Å². The molecule has 0 aliphatic carbocycles. The Hall–Kier alpha value is -0.960. The molecule has 1 heterocycles. The molecule has 1 aromatic carbocycles. The second kappa shape index (κ2) is 6.21. The van der Waals surface area contributed by atoms with Crippen molar-refractivity contribution >= 4 is 41.9 Å². The smallest absolute Gasteiger partial charge is 0.238 e. The van der Waals surface area contributed by atoms with Crippen LogP contribution in [0.2, 0.25) is 0 Å². The van der Waals surface area contributed by atoms with Gasteiger partial charge in [-0.05, 0) is 62.2 Å². The zero-order chi connectivity index (χ0) is 14.8. The molecule has 0 aliphatic heterocycles. The lowest BCUT2D eigenvalue weighted by molar-refractivity contribution is 0.299. The van der Waals surface area contributed by atoms with Gasteiger partial charge in [0.2, 0.25) is 10.0 Å². The van der Waals surface area contributed by atoms with Crippen molar-refractivity contribution in [3.8, 4) is 5.75 Å². The first kappa shape index (κ1) is 15.4.